The Morgan fingerprint density at radius 2 is 0.803 bits per heavy atom. The maximum Gasteiger partial charge on any atom is 0.349 e. The lowest BCUT2D eigenvalue weighted by Gasteiger charge is -2.14. The fourth-order valence-corrected chi connectivity index (χ4v) is 6.62. The van der Waals surface area contributed by atoms with Gasteiger partial charge in [0.1, 0.15) is 35.1 Å². The van der Waals surface area contributed by atoms with Crippen LogP contribution in [0.4, 0.5) is 23.4 Å². The zero-order valence-corrected chi connectivity index (χ0v) is 39.1. The van der Waals surface area contributed by atoms with E-state index in [0.29, 0.717) is 40.4 Å². The number of anilines is 4. The molecule has 17 nitrogen and oxygen atoms in total. The Bertz CT molecular complexity index is 2510. The molecule has 0 aliphatic carbocycles. The summed E-state index contributed by atoms with van der Waals surface area (Å²) in [5.74, 6) is 2.72. The van der Waals surface area contributed by atoms with Crippen LogP contribution in [0.25, 0.3) is 22.1 Å². The van der Waals surface area contributed by atoms with E-state index in [9.17, 15) is 14.4 Å². The molecule has 0 saturated carbocycles. The van der Waals surface area contributed by atoms with Gasteiger partial charge in [-0.05, 0) is 90.2 Å². The molecule has 0 atom stereocenters. The number of nitrogens with two attached hydrogens (primary N) is 4. The second kappa shape index (κ2) is 20.5. The van der Waals surface area contributed by atoms with E-state index in [-0.39, 0.29) is 58.8 Å². The van der Waals surface area contributed by atoms with Crippen molar-refractivity contribution in [2.75, 3.05) is 22.9 Å². The van der Waals surface area contributed by atoms with Crippen molar-refractivity contribution in [1.29, 1.82) is 0 Å². The Morgan fingerprint density at radius 3 is 1.18 bits per heavy atom. The molecule has 0 saturated heterocycles. The van der Waals surface area contributed by atoms with Crippen molar-refractivity contribution in [3.8, 4) is 0 Å². The molecule has 0 radical (unpaired) electrons. The second-order valence-electron chi connectivity index (χ2n) is 17.6. The predicted octanol–water partition coefficient (Wildman–Crippen LogP) is 7.79. The fraction of sp³-hybridized carbons (Fsp3) is 0.545. The van der Waals surface area contributed by atoms with Gasteiger partial charge in [-0.2, -0.15) is 15.0 Å². The fourth-order valence-electron chi connectivity index (χ4n) is 6.62. The first-order chi connectivity index (χ1) is 28.3. The molecule has 0 unspecified atom stereocenters. The van der Waals surface area contributed by atoms with Crippen LogP contribution in [0.1, 0.15) is 181 Å². The molecular formula is C44H70N14O3. The van der Waals surface area contributed by atoms with Crippen molar-refractivity contribution < 1.29 is 0 Å². The number of nitrogens with one attached hydrogen (secondary N) is 1. The van der Waals surface area contributed by atoms with E-state index in [1.165, 1.54) is 11.9 Å². The second-order valence-corrected chi connectivity index (χ2v) is 17.6. The van der Waals surface area contributed by atoms with Crippen molar-refractivity contribution in [3.63, 3.8) is 0 Å². The van der Waals surface area contributed by atoms with E-state index >= 15 is 0 Å². The summed E-state index contributed by atoms with van der Waals surface area (Å²) < 4.78 is 7.36. The molecule has 6 aromatic rings. The van der Waals surface area contributed by atoms with Crippen LogP contribution in [0, 0.1) is 0 Å². The molecule has 0 amide bonds. The molecule has 0 bridgehead atoms. The Balaban J connectivity index is 0.000000218. The van der Waals surface area contributed by atoms with E-state index in [1.807, 2.05) is 66.2 Å². The maximum atomic E-state index is 12.0. The van der Waals surface area contributed by atoms with Crippen LogP contribution < -0.4 is 39.9 Å². The molecule has 6 rings (SSSR count). The van der Waals surface area contributed by atoms with Crippen molar-refractivity contribution in [1.82, 2.24) is 48.2 Å². The molecule has 6 aromatic heterocycles. The molecule has 0 aromatic carbocycles. The number of H-pyrrole nitrogens is 1. The summed E-state index contributed by atoms with van der Waals surface area (Å²) in [6.45, 7) is 32.8. The molecule has 9 N–H and O–H groups in total. The summed E-state index contributed by atoms with van der Waals surface area (Å²) in [5.41, 5.74) is 27.9. The molecule has 6 heterocycles. The summed E-state index contributed by atoms with van der Waals surface area (Å²) >= 11 is 0. The van der Waals surface area contributed by atoms with E-state index in [4.69, 9.17) is 22.9 Å². The largest absolute Gasteiger partial charge is 0.383 e. The predicted molar refractivity (Wildman–Crippen MR) is 250 cm³/mol. The maximum absolute atomic E-state index is 12.0. The first-order valence-corrected chi connectivity index (χ1v) is 21.1. The zero-order valence-electron chi connectivity index (χ0n) is 39.1. The van der Waals surface area contributed by atoms with Crippen molar-refractivity contribution in [2.24, 2.45) is 0 Å². The molecule has 0 fully saturated rings. The first kappa shape index (κ1) is 49.4. The highest BCUT2D eigenvalue weighted by molar-refractivity contribution is 5.90. The minimum absolute atomic E-state index is 0.119. The highest BCUT2D eigenvalue weighted by atomic mass is 16.1. The summed E-state index contributed by atoms with van der Waals surface area (Å²) in [6.07, 6.45) is 9.29. The molecule has 0 aliphatic rings. The molecule has 334 valence electrons. The van der Waals surface area contributed by atoms with Gasteiger partial charge in [-0.1, -0.05) is 55.4 Å². The molecule has 61 heavy (non-hydrogen) atoms. The summed E-state index contributed by atoms with van der Waals surface area (Å²) in [4.78, 5) is 57.6. The van der Waals surface area contributed by atoms with E-state index in [1.54, 1.807) is 21.5 Å². The standard InChI is InChI=1S/C12H18N4O.C12H18N4.2C10H17N3O/c1-6(2)8-5-16(7(3)4)10-9(8)11(17)15-12(13)14-10;1-7(2)9-5-16(8(3)4)12-10(9)11(13)14-6-15-12;2*1-6(2)8-5-13(7(3)4)10(14)12-9(8)11/h5-7H,1-4H3,(H3,13,14,15,17);5-8H,1-4H3,(H2,13,14,15);2*5-7H,1-4H3,(H2,11,12,14). The SMILES string of the molecule is CC(C)c1cn(C(C)C)c(=O)nc1N.CC(C)c1cn(C(C)C)c(=O)nc1N.CC(C)c1cn(C(C)C)c2nc(N)[nH]c(=O)c12.CC(C)c1cn(C(C)C)c2ncnc(N)c12. The highest BCUT2D eigenvalue weighted by Gasteiger charge is 2.19. The lowest BCUT2D eigenvalue weighted by molar-refractivity contribution is 0.557. The van der Waals surface area contributed by atoms with Crippen molar-refractivity contribution in [2.45, 2.75) is 159 Å². The van der Waals surface area contributed by atoms with Crippen molar-refractivity contribution >= 4 is 45.5 Å². The molecular weight excluding hydrogens is 773 g/mol. The number of aromatic nitrogens is 10. The number of nitrogens with zero attached hydrogens (tertiary/aromatic N) is 9. The average Bonchev–Trinajstić information content (AvgIpc) is 3.73. The third-order valence-electron chi connectivity index (χ3n) is 10.1. The number of hydrogen-bond acceptors (Lipinski definition) is 12. The van der Waals surface area contributed by atoms with Crippen LogP contribution in [0.5, 0.6) is 0 Å². The first-order valence-electron chi connectivity index (χ1n) is 21.1. The van der Waals surface area contributed by atoms with Crippen molar-refractivity contribution in [3.05, 3.63) is 84.7 Å². The highest BCUT2D eigenvalue weighted by Crippen LogP contribution is 2.31. The Kier molecular flexibility index (Phi) is 16.6. The van der Waals surface area contributed by atoms with E-state index < -0.39 is 0 Å². The van der Waals surface area contributed by atoms with E-state index in [2.05, 4.69) is 96.1 Å². The monoisotopic (exact) mass is 843 g/mol. The number of aromatic amines is 1. The van der Waals surface area contributed by atoms with Crippen LogP contribution >= 0.6 is 0 Å². The van der Waals surface area contributed by atoms with Crippen LogP contribution in [0.15, 0.2) is 45.5 Å². The van der Waals surface area contributed by atoms with Gasteiger partial charge in [-0.15, -0.1) is 0 Å². The van der Waals surface area contributed by atoms with Gasteiger partial charge in [-0.3, -0.25) is 18.9 Å². The van der Waals surface area contributed by atoms with Crippen LogP contribution in [-0.2, 0) is 0 Å². The van der Waals surface area contributed by atoms with Crippen LogP contribution in [0.3, 0.4) is 0 Å². The minimum Gasteiger partial charge on any atom is -0.383 e. The number of nitrogen functional groups attached to an aromatic ring is 4. The topological polar surface area (TPSA) is 255 Å². The summed E-state index contributed by atoms with van der Waals surface area (Å²) in [5, 5.41) is 1.66. The summed E-state index contributed by atoms with van der Waals surface area (Å²) in [6, 6.07) is 0.865. The van der Waals surface area contributed by atoms with Gasteiger partial charge in [0.2, 0.25) is 5.95 Å². The van der Waals surface area contributed by atoms with Gasteiger partial charge in [0.05, 0.1) is 10.8 Å². The lowest BCUT2D eigenvalue weighted by atomic mass is 10.0. The Labute approximate surface area is 359 Å². The number of fused-ring (bicyclic) bond motifs is 2. The average molecular weight is 843 g/mol. The molecule has 0 aliphatic heterocycles. The quantitative estimate of drug-likeness (QED) is 0.0984. The van der Waals surface area contributed by atoms with Crippen LogP contribution in [0.2, 0.25) is 0 Å². The van der Waals surface area contributed by atoms with Gasteiger partial charge >= 0.3 is 11.4 Å². The normalized spacial score (nSPS) is 11.6. The molecule has 0 spiro atoms. The number of rotatable bonds is 8. The van der Waals surface area contributed by atoms with E-state index in [0.717, 1.165) is 27.7 Å². The lowest BCUT2D eigenvalue weighted by Crippen LogP contribution is -2.26. The Hall–Kier alpha value is -6.00. The Morgan fingerprint density at radius 1 is 0.443 bits per heavy atom. The van der Waals surface area contributed by atoms with Crippen LogP contribution in [-0.4, -0.2) is 48.2 Å². The zero-order chi connectivity index (χ0) is 46.4. The third-order valence-corrected chi connectivity index (χ3v) is 10.1. The third kappa shape index (κ3) is 11.6. The van der Waals surface area contributed by atoms with Gasteiger partial charge in [-0.25, -0.2) is 19.6 Å². The van der Waals surface area contributed by atoms with Gasteiger partial charge in [0.15, 0.2) is 0 Å². The number of hydrogen-bond donors (Lipinski definition) is 5. The van der Waals surface area contributed by atoms with Gasteiger partial charge in [0.25, 0.3) is 5.56 Å². The molecule has 17 heteroatoms. The summed E-state index contributed by atoms with van der Waals surface area (Å²) in [7, 11) is 0. The van der Waals surface area contributed by atoms with Gasteiger partial charge in [0, 0.05) is 60.1 Å². The minimum atomic E-state index is -0.276. The smallest absolute Gasteiger partial charge is 0.349 e. The van der Waals surface area contributed by atoms with Gasteiger partial charge < -0.3 is 32.1 Å².